The van der Waals surface area contributed by atoms with Crippen LogP contribution in [0.5, 0.6) is 0 Å². The fourth-order valence-corrected chi connectivity index (χ4v) is 4.53. The minimum absolute atomic E-state index is 1.12. The first-order valence-corrected chi connectivity index (χ1v) is 8.87. The largest absolute Gasteiger partial charge is 0.354 e. The molecule has 2 heteroatoms. The van der Waals surface area contributed by atoms with Gasteiger partial charge in [0.05, 0.1) is 10.4 Å². The number of rotatable bonds is 2. The van der Waals surface area contributed by atoms with Crippen molar-refractivity contribution in [3.05, 3.63) is 84.9 Å². The first-order chi connectivity index (χ1) is 11.9. The molecular weight excluding hydrogens is 310 g/mol. The van der Waals surface area contributed by atoms with E-state index < -0.39 is 0 Å². The molecule has 0 atom stereocenters. The Labute approximate surface area is 144 Å². The SMILES string of the molecule is c1ccc(Nc2cc3ccccc3c3c2sc2ccccc23)cc1. The Morgan fingerprint density at radius 3 is 2.25 bits per heavy atom. The molecule has 24 heavy (non-hydrogen) atoms. The van der Waals surface area contributed by atoms with Crippen LogP contribution in [0.15, 0.2) is 84.9 Å². The predicted molar refractivity (Wildman–Crippen MR) is 107 cm³/mol. The molecule has 1 heterocycles. The minimum Gasteiger partial charge on any atom is -0.354 e. The molecule has 0 fully saturated rings. The van der Waals surface area contributed by atoms with Crippen LogP contribution in [0.4, 0.5) is 11.4 Å². The van der Waals surface area contributed by atoms with Crippen LogP contribution >= 0.6 is 11.3 Å². The molecule has 4 aromatic carbocycles. The smallest absolute Gasteiger partial charge is 0.0596 e. The molecule has 0 aliphatic rings. The van der Waals surface area contributed by atoms with Crippen molar-refractivity contribution in [2.24, 2.45) is 0 Å². The van der Waals surface area contributed by atoms with Crippen LogP contribution in [-0.4, -0.2) is 0 Å². The summed E-state index contributed by atoms with van der Waals surface area (Å²) in [5.74, 6) is 0. The molecule has 0 aliphatic carbocycles. The second-order valence-electron chi connectivity index (χ2n) is 5.94. The summed E-state index contributed by atoms with van der Waals surface area (Å²) in [6, 6.07) is 30.0. The van der Waals surface area contributed by atoms with Crippen molar-refractivity contribution in [3.63, 3.8) is 0 Å². The van der Waals surface area contributed by atoms with Crippen molar-refractivity contribution in [2.45, 2.75) is 0 Å². The van der Waals surface area contributed by atoms with Gasteiger partial charge in [0, 0.05) is 21.2 Å². The summed E-state index contributed by atoms with van der Waals surface area (Å²) in [6.07, 6.45) is 0. The van der Waals surface area contributed by atoms with Crippen molar-refractivity contribution in [3.8, 4) is 0 Å². The van der Waals surface area contributed by atoms with Gasteiger partial charge in [-0.1, -0.05) is 60.7 Å². The highest BCUT2D eigenvalue weighted by Crippen LogP contribution is 2.43. The van der Waals surface area contributed by atoms with Crippen molar-refractivity contribution in [2.75, 3.05) is 5.32 Å². The van der Waals surface area contributed by atoms with Crippen LogP contribution in [0.25, 0.3) is 30.9 Å². The van der Waals surface area contributed by atoms with Gasteiger partial charge >= 0.3 is 0 Å². The Morgan fingerprint density at radius 1 is 0.667 bits per heavy atom. The van der Waals surface area contributed by atoms with Gasteiger partial charge in [0.1, 0.15) is 0 Å². The topological polar surface area (TPSA) is 12.0 Å². The fourth-order valence-electron chi connectivity index (χ4n) is 3.34. The first kappa shape index (κ1) is 13.6. The maximum absolute atomic E-state index is 3.61. The fraction of sp³-hybridized carbons (Fsp3) is 0. The van der Waals surface area contributed by atoms with Crippen LogP contribution in [0.1, 0.15) is 0 Å². The lowest BCUT2D eigenvalue weighted by Gasteiger charge is -2.10. The predicted octanol–water partition coefficient (Wildman–Crippen LogP) is 6.95. The van der Waals surface area contributed by atoms with Crippen LogP contribution in [-0.2, 0) is 0 Å². The molecule has 0 saturated heterocycles. The summed E-state index contributed by atoms with van der Waals surface area (Å²) < 4.78 is 2.65. The standard InChI is InChI=1S/C22H15NS/c1-2-9-16(10-3-1)23-19-14-15-8-4-5-11-17(15)21-18-12-6-7-13-20(18)24-22(19)21/h1-14,23H. The lowest BCUT2D eigenvalue weighted by atomic mass is 10.0. The van der Waals surface area contributed by atoms with Gasteiger partial charge < -0.3 is 5.32 Å². The van der Waals surface area contributed by atoms with Crippen molar-refractivity contribution < 1.29 is 0 Å². The summed E-state index contributed by atoms with van der Waals surface area (Å²) in [7, 11) is 0. The molecular formula is C22H15NS. The Kier molecular flexibility index (Phi) is 3.03. The van der Waals surface area contributed by atoms with Crippen LogP contribution in [0, 0.1) is 0 Å². The van der Waals surface area contributed by atoms with Gasteiger partial charge in [0.2, 0.25) is 0 Å². The number of benzene rings is 4. The maximum Gasteiger partial charge on any atom is 0.0596 e. The average Bonchev–Trinajstić information content (AvgIpc) is 3.03. The lowest BCUT2D eigenvalue weighted by Crippen LogP contribution is -1.90. The third kappa shape index (κ3) is 2.08. The van der Waals surface area contributed by atoms with Gasteiger partial charge in [-0.2, -0.15) is 0 Å². The summed E-state index contributed by atoms with van der Waals surface area (Å²) in [6.45, 7) is 0. The van der Waals surface area contributed by atoms with Gasteiger partial charge in [-0.3, -0.25) is 0 Å². The van der Waals surface area contributed by atoms with Crippen molar-refractivity contribution in [1.29, 1.82) is 0 Å². The van der Waals surface area contributed by atoms with E-state index in [1.165, 1.54) is 36.6 Å². The molecule has 5 aromatic rings. The highest BCUT2D eigenvalue weighted by atomic mass is 32.1. The second kappa shape index (κ2) is 5.36. The lowest BCUT2D eigenvalue weighted by molar-refractivity contribution is 1.60. The number of para-hydroxylation sites is 1. The van der Waals surface area contributed by atoms with E-state index in [-0.39, 0.29) is 0 Å². The molecule has 1 N–H and O–H groups in total. The zero-order valence-corrected chi connectivity index (χ0v) is 13.8. The van der Waals surface area contributed by atoms with Gasteiger partial charge in [-0.15, -0.1) is 11.3 Å². The summed E-state index contributed by atoms with van der Waals surface area (Å²) in [5, 5.41) is 8.90. The first-order valence-electron chi connectivity index (χ1n) is 8.05. The molecule has 5 rings (SSSR count). The molecule has 0 radical (unpaired) electrons. The van der Waals surface area contributed by atoms with Gasteiger partial charge in [-0.05, 0) is 35.0 Å². The van der Waals surface area contributed by atoms with Gasteiger partial charge in [-0.25, -0.2) is 0 Å². The third-order valence-electron chi connectivity index (χ3n) is 4.42. The molecule has 114 valence electrons. The summed E-state index contributed by atoms with van der Waals surface area (Å²) in [4.78, 5) is 0. The van der Waals surface area contributed by atoms with Crippen LogP contribution in [0.2, 0.25) is 0 Å². The third-order valence-corrected chi connectivity index (χ3v) is 5.63. The molecule has 0 saturated carbocycles. The van der Waals surface area contributed by atoms with Gasteiger partial charge in [0.25, 0.3) is 0 Å². The highest BCUT2D eigenvalue weighted by Gasteiger charge is 2.12. The van der Waals surface area contributed by atoms with E-state index in [2.05, 4.69) is 84.2 Å². The quantitative estimate of drug-likeness (QED) is 0.370. The van der Waals surface area contributed by atoms with Crippen LogP contribution in [0.3, 0.4) is 0 Å². The van der Waals surface area contributed by atoms with E-state index >= 15 is 0 Å². The minimum atomic E-state index is 1.12. The maximum atomic E-state index is 3.61. The van der Waals surface area contributed by atoms with Crippen LogP contribution < -0.4 is 5.32 Å². The second-order valence-corrected chi connectivity index (χ2v) is 6.99. The molecule has 0 amide bonds. The summed E-state index contributed by atoms with van der Waals surface area (Å²) in [5.41, 5.74) is 2.29. The number of fused-ring (bicyclic) bond motifs is 5. The Balaban J connectivity index is 1.88. The molecule has 1 aromatic heterocycles. The normalized spacial score (nSPS) is 11.3. The number of anilines is 2. The average molecular weight is 325 g/mol. The zero-order chi connectivity index (χ0) is 15.9. The summed E-state index contributed by atoms with van der Waals surface area (Å²) >= 11 is 1.86. The zero-order valence-electron chi connectivity index (χ0n) is 13.0. The Morgan fingerprint density at radius 2 is 1.38 bits per heavy atom. The van der Waals surface area contributed by atoms with Crippen molar-refractivity contribution in [1.82, 2.24) is 0 Å². The molecule has 0 bridgehead atoms. The number of hydrogen-bond acceptors (Lipinski definition) is 2. The Bertz CT molecular complexity index is 1170. The monoisotopic (exact) mass is 325 g/mol. The molecule has 0 unspecified atom stereocenters. The van der Waals surface area contributed by atoms with E-state index in [4.69, 9.17) is 0 Å². The molecule has 1 nitrogen and oxygen atoms in total. The number of nitrogens with one attached hydrogen (secondary N) is 1. The Hall–Kier alpha value is -2.84. The number of thiophene rings is 1. The molecule has 0 aliphatic heterocycles. The van der Waals surface area contributed by atoms with E-state index in [1.54, 1.807) is 0 Å². The van der Waals surface area contributed by atoms with Gasteiger partial charge in [0.15, 0.2) is 0 Å². The van der Waals surface area contributed by atoms with E-state index in [1.807, 2.05) is 17.4 Å². The van der Waals surface area contributed by atoms with E-state index in [0.29, 0.717) is 0 Å². The van der Waals surface area contributed by atoms with Crippen molar-refractivity contribution >= 4 is 53.7 Å². The van der Waals surface area contributed by atoms with E-state index in [0.717, 1.165) is 5.69 Å². The van der Waals surface area contributed by atoms with E-state index in [9.17, 15) is 0 Å². The molecule has 0 spiro atoms. The highest BCUT2D eigenvalue weighted by molar-refractivity contribution is 7.26. The number of hydrogen-bond donors (Lipinski definition) is 1.